The Morgan fingerprint density at radius 1 is 1.16 bits per heavy atom. The molecule has 2 aromatic carbocycles. The fraction of sp³-hybridized carbons (Fsp3) is 0.192. The van der Waals surface area contributed by atoms with Crippen LogP contribution < -0.4 is 5.32 Å². The van der Waals surface area contributed by atoms with E-state index in [2.05, 4.69) is 10.3 Å². The number of thioether (sulfide) groups is 1. The molecular formula is C26H22ClN3O4S3. The Morgan fingerprint density at radius 2 is 1.89 bits per heavy atom. The molecule has 190 valence electrons. The Kier molecular flexibility index (Phi) is 9.09. The molecule has 1 aromatic heterocycles. The van der Waals surface area contributed by atoms with Gasteiger partial charge in [-0.05, 0) is 47.9 Å². The first-order valence-electron chi connectivity index (χ1n) is 11.2. The normalized spacial score (nSPS) is 14.3. The van der Waals surface area contributed by atoms with Crippen LogP contribution >= 0.6 is 46.9 Å². The molecule has 7 nitrogen and oxygen atoms in total. The molecule has 1 aliphatic rings. The van der Waals surface area contributed by atoms with Crippen molar-refractivity contribution in [1.82, 2.24) is 9.88 Å². The molecule has 0 saturated carbocycles. The van der Waals surface area contributed by atoms with Crippen molar-refractivity contribution in [3.8, 4) is 0 Å². The number of hydrogen-bond acceptors (Lipinski definition) is 8. The summed E-state index contributed by atoms with van der Waals surface area (Å²) >= 11 is 14.0. The predicted molar refractivity (Wildman–Crippen MR) is 152 cm³/mol. The minimum absolute atomic E-state index is 0.168. The second-order valence-corrected chi connectivity index (χ2v) is 11.3. The first-order chi connectivity index (χ1) is 17.8. The Balaban J connectivity index is 1.25. The average molecular weight is 572 g/mol. The number of anilines is 1. The van der Waals surface area contributed by atoms with E-state index in [0.29, 0.717) is 44.3 Å². The van der Waals surface area contributed by atoms with Crippen LogP contribution in [0.4, 0.5) is 5.13 Å². The summed E-state index contributed by atoms with van der Waals surface area (Å²) in [6.45, 7) is 0.344. The molecular weight excluding hydrogens is 550 g/mol. The van der Waals surface area contributed by atoms with E-state index in [1.807, 2.05) is 24.3 Å². The van der Waals surface area contributed by atoms with E-state index in [0.717, 1.165) is 16.0 Å². The highest BCUT2D eigenvalue weighted by Crippen LogP contribution is 2.33. The molecule has 2 heterocycles. The highest BCUT2D eigenvalue weighted by molar-refractivity contribution is 8.26. The third kappa shape index (κ3) is 7.26. The van der Waals surface area contributed by atoms with Gasteiger partial charge in [0.1, 0.15) is 4.32 Å². The van der Waals surface area contributed by atoms with E-state index in [-0.39, 0.29) is 18.2 Å². The van der Waals surface area contributed by atoms with Gasteiger partial charge < -0.3 is 10.1 Å². The zero-order valence-electron chi connectivity index (χ0n) is 19.7. The van der Waals surface area contributed by atoms with Crippen molar-refractivity contribution in [2.45, 2.75) is 19.3 Å². The number of aromatic nitrogens is 1. The minimum Gasteiger partial charge on any atom is -0.465 e. The highest BCUT2D eigenvalue weighted by atomic mass is 35.5. The number of methoxy groups -OCH3 is 1. The van der Waals surface area contributed by atoms with Gasteiger partial charge in [0.05, 0.1) is 17.6 Å². The topological polar surface area (TPSA) is 88.6 Å². The number of ether oxygens (including phenoxy) is 1. The van der Waals surface area contributed by atoms with Gasteiger partial charge in [0.15, 0.2) is 5.13 Å². The lowest BCUT2D eigenvalue weighted by Crippen LogP contribution is -2.29. The van der Waals surface area contributed by atoms with E-state index in [1.165, 1.54) is 35.1 Å². The summed E-state index contributed by atoms with van der Waals surface area (Å²) in [5.74, 6) is -0.784. The summed E-state index contributed by atoms with van der Waals surface area (Å²) in [6.07, 6.45) is 4.89. The number of thiazole rings is 1. The first kappa shape index (κ1) is 27.0. The number of hydrogen-bond donors (Lipinski definition) is 1. The Hall–Kier alpha value is -3.05. The largest absolute Gasteiger partial charge is 0.465 e. The SMILES string of the molecule is COC(=O)c1ccc(/C=C2\SC(=S)N(CCCC(=O)Nc3ncc(Cc4ccc(Cl)cc4)s3)C2=O)cc1. The second-order valence-electron chi connectivity index (χ2n) is 8.03. The van der Waals surface area contributed by atoms with Crippen LogP contribution in [0.1, 0.15) is 39.2 Å². The molecule has 4 rings (SSSR count). The third-order valence-corrected chi connectivity index (χ3v) is 7.92. The lowest BCUT2D eigenvalue weighted by Gasteiger charge is -2.13. The number of carbonyl (C=O) groups is 3. The number of nitrogens with one attached hydrogen (secondary N) is 1. The fourth-order valence-electron chi connectivity index (χ4n) is 3.51. The van der Waals surface area contributed by atoms with Gasteiger partial charge in [-0.1, -0.05) is 59.8 Å². The van der Waals surface area contributed by atoms with Crippen molar-refractivity contribution >= 4 is 80.2 Å². The summed E-state index contributed by atoms with van der Waals surface area (Å²) in [5, 5.41) is 4.06. The first-order valence-corrected chi connectivity index (χ1v) is 13.7. The predicted octanol–water partition coefficient (Wildman–Crippen LogP) is 5.79. The monoisotopic (exact) mass is 571 g/mol. The summed E-state index contributed by atoms with van der Waals surface area (Å²) in [6, 6.07) is 14.4. The number of halogens is 1. The third-order valence-electron chi connectivity index (χ3n) is 5.38. The second kappa shape index (κ2) is 12.5. The zero-order chi connectivity index (χ0) is 26.4. The lowest BCUT2D eigenvalue weighted by atomic mass is 10.1. The van der Waals surface area contributed by atoms with Crippen molar-refractivity contribution in [3.63, 3.8) is 0 Å². The summed E-state index contributed by atoms with van der Waals surface area (Å²) in [5.41, 5.74) is 2.31. The standard InChI is InChI=1S/C26H22ClN3O4S3/c1-34-24(33)18-8-4-17(5-9-18)14-21-23(32)30(26(35)37-21)12-2-3-22(31)29-25-28-15-20(36-25)13-16-6-10-19(27)11-7-16/h4-11,14-15H,2-3,12-13H2,1H3,(H,28,29,31)/b21-14-. The number of carbonyl (C=O) groups excluding carboxylic acids is 3. The van der Waals surface area contributed by atoms with Crippen molar-refractivity contribution in [2.24, 2.45) is 0 Å². The Morgan fingerprint density at radius 3 is 2.59 bits per heavy atom. The molecule has 3 aromatic rings. The van der Waals surface area contributed by atoms with Crippen LogP contribution in [0.5, 0.6) is 0 Å². The number of esters is 1. The Labute approximate surface area is 232 Å². The lowest BCUT2D eigenvalue weighted by molar-refractivity contribution is -0.122. The van der Waals surface area contributed by atoms with Gasteiger partial charge in [0.2, 0.25) is 5.91 Å². The molecule has 1 saturated heterocycles. The van der Waals surface area contributed by atoms with Crippen molar-refractivity contribution in [2.75, 3.05) is 19.0 Å². The van der Waals surface area contributed by atoms with Crippen LogP contribution in [0, 0.1) is 0 Å². The molecule has 0 spiro atoms. The van der Waals surface area contributed by atoms with Gasteiger partial charge in [-0.3, -0.25) is 14.5 Å². The maximum absolute atomic E-state index is 12.8. The van der Waals surface area contributed by atoms with Gasteiger partial charge in [0, 0.05) is 35.5 Å². The van der Waals surface area contributed by atoms with E-state index < -0.39 is 5.97 Å². The van der Waals surface area contributed by atoms with Crippen molar-refractivity contribution < 1.29 is 19.1 Å². The number of amides is 2. The molecule has 11 heteroatoms. The van der Waals surface area contributed by atoms with E-state index in [1.54, 1.807) is 36.5 Å². The quantitative estimate of drug-likeness (QED) is 0.197. The van der Waals surface area contributed by atoms with Crippen LogP contribution in [0.2, 0.25) is 5.02 Å². The number of thiocarbonyl (C=S) groups is 1. The molecule has 0 aliphatic carbocycles. The maximum atomic E-state index is 12.8. The van der Waals surface area contributed by atoms with Crippen LogP contribution in [0.25, 0.3) is 6.08 Å². The van der Waals surface area contributed by atoms with Crippen molar-refractivity contribution in [1.29, 1.82) is 0 Å². The van der Waals surface area contributed by atoms with E-state index >= 15 is 0 Å². The van der Waals surface area contributed by atoms with Gasteiger partial charge in [0.25, 0.3) is 5.91 Å². The molecule has 1 aliphatic heterocycles. The maximum Gasteiger partial charge on any atom is 0.337 e. The van der Waals surface area contributed by atoms with E-state index in [9.17, 15) is 14.4 Å². The van der Waals surface area contributed by atoms with Crippen LogP contribution in [0.15, 0.2) is 59.6 Å². The molecule has 2 amide bonds. The molecule has 1 N–H and O–H groups in total. The molecule has 1 fully saturated rings. The van der Waals surface area contributed by atoms with Crippen LogP contribution in [-0.2, 0) is 20.7 Å². The summed E-state index contributed by atoms with van der Waals surface area (Å²) in [7, 11) is 1.32. The minimum atomic E-state index is -0.421. The summed E-state index contributed by atoms with van der Waals surface area (Å²) < 4.78 is 5.15. The molecule has 37 heavy (non-hydrogen) atoms. The Bertz CT molecular complexity index is 1350. The van der Waals surface area contributed by atoms with Gasteiger partial charge in [-0.15, -0.1) is 11.3 Å². The number of nitrogens with zero attached hydrogens (tertiary/aromatic N) is 2. The number of rotatable bonds is 9. The zero-order valence-corrected chi connectivity index (χ0v) is 22.9. The van der Waals surface area contributed by atoms with Gasteiger partial charge in [-0.2, -0.15) is 0 Å². The van der Waals surface area contributed by atoms with Gasteiger partial charge >= 0.3 is 5.97 Å². The number of benzene rings is 2. The van der Waals surface area contributed by atoms with Crippen LogP contribution in [-0.4, -0.2) is 45.6 Å². The van der Waals surface area contributed by atoms with Crippen molar-refractivity contribution in [3.05, 3.63) is 86.2 Å². The van der Waals surface area contributed by atoms with Crippen LogP contribution in [0.3, 0.4) is 0 Å². The van der Waals surface area contributed by atoms with E-state index in [4.69, 9.17) is 28.6 Å². The fourth-order valence-corrected chi connectivity index (χ4v) is 5.80. The summed E-state index contributed by atoms with van der Waals surface area (Å²) in [4.78, 5) is 44.2. The smallest absolute Gasteiger partial charge is 0.337 e. The highest BCUT2D eigenvalue weighted by Gasteiger charge is 2.31. The molecule has 0 unspecified atom stereocenters. The molecule has 0 atom stereocenters. The average Bonchev–Trinajstić information content (AvgIpc) is 3.43. The van der Waals surface area contributed by atoms with Gasteiger partial charge in [-0.25, -0.2) is 9.78 Å². The molecule has 0 radical (unpaired) electrons. The molecule has 0 bridgehead atoms.